The third-order valence-electron chi connectivity index (χ3n) is 13.7. The van der Waals surface area contributed by atoms with Crippen LogP contribution in [-0.4, -0.2) is 0 Å². The lowest BCUT2D eigenvalue weighted by atomic mass is 9.76. The molecule has 11 rings (SSSR count). The molecule has 1 aliphatic rings. The van der Waals surface area contributed by atoms with Crippen LogP contribution in [0.15, 0.2) is 217 Å². The summed E-state index contributed by atoms with van der Waals surface area (Å²) in [7, 11) is 0. The fourth-order valence-electron chi connectivity index (χ4n) is 10.4. The molecule has 62 heavy (non-hydrogen) atoms. The van der Waals surface area contributed by atoms with E-state index in [1.165, 1.54) is 77.9 Å². The average molecular weight is 797 g/mol. The molecule has 0 N–H and O–H groups in total. The Bertz CT molecular complexity index is 3250. The van der Waals surface area contributed by atoms with Crippen molar-refractivity contribution in [1.29, 1.82) is 0 Å². The Balaban J connectivity index is 1.000. The zero-order valence-electron chi connectivity index (χ0n) is 35.5. The molecular formula is C61H48O. The predicted molar refractivity (Wildman–Crippen MR) is 261 cm³/mol. The van der Waals surface area contributed by atoms with Crippen LogP contribution in [-0.2, 0) is 11.8 Å². The highest BCUT2D eigenvalue weighted by atomic mass is 16.3. The van der Waals surface area contributed by atoms with Crippen molar-refractivity contribution < 1.29 is 4.42 Å². The summed E-state index contributed by atoms with van der Waals surface area (Å²) in [6, 6.07) is 78.2. The first-order chi connectivity index (χ1) is 30.4. The van der Waals surface area contributed by atoms with Gasteiger partial charge in [-0.15, -0.1) is 0 Å². The van der Waals surface area contributed by atoms with Gasteiger partial charge < -0.3 is 4.42 Å². The number of fused-ring (bicyclic) bond motifs is 6. The smallest absolute Gasteiger partial charge is 0.143 e. The molecule has 298 valence electrons. The molecule has 0 saturated heterocycles. The van der Waals surface area contributed by atoms with Crippen LogP contribution in [0.4, 0.5) is 0 Å². The second kappa shape index (κ2) is 15.4. The maximum absolute atomic E-state index is 6.52. The Labute approximate surface area is 365 Å². The van der Waals surface area contributed by atoms with Crippen LogP contribution in [0.3, 0.4) is 0 Å². The van der Waals surface area contributed by atoms with Gasteiger partial charge in [0.2, 0.25) is 0 Å². The number of hydrogen-bond acceptors (Lipinski definition) is 1. The second-order valence-corrected chi connectivity index (χ2v) is 17.6. The highest BCUT2D eigenvalue weighted by Gasteiger charge is 2.35. The topological polar surface area (TPSA) is 13.1 Å². The van der Waals surface area contributed by atoms with Crippen molar-refractivity contribution in [3.63, 3.8) is 0 Å². The van der Waals surface area contributed by atoms with Crippen LogP contribution in [0.5, 0.6) is 0 Å². The molecular weight excluding hydrogens is 749 g/mol. The van der Waals surface area contributed by atoms with Gasteiger partial charge in [0.1, 0.15) is 11.2 Å². The third kappa shape index (κ3) is 6.48. The lowest BCUT2D eigenvalue weighted by molar-refractivity contribution is 0.573. The van der Waals surface area contributed by atoms with E-state index >= 15 is 0 Å². The van der Waals surface area contributed by atoms with Crippen molar-refractivity contribution in [2.24, 2.45) is 0 Å². The fourth-order valence-corrected chi connectivity index (χ4v) is 10.4. The third-order valence-corrected chi connectivity index (χ3v) is 13.7. The lowest BCUT2D eigenvalue weighted by Gasteiger charge is -2.28. The van der Waals surface area contributed by atoms with Crippen molar-refractivity contribution in [3.05, 3.63) is 240 Å². The number of benzene rings is 9. The molecule has 9 aromatic carbocycles. The van der Waals surface area contributed by atoms with Gasteiger partial charge in [-0.05, 0) is 108 Å². The molecule has 1 heterocycles. The second-order valence-electron chi connectivity index (χ2n) is 17.6. The predicted octanol–water partition coefficient (Wildman–Crippen LogP) is 16.7. The van der Waals surface area contributed by atoms with Crippen molar-refractivity contribution in [3.8, 4) is 55.6 Å². The van der Waals surface area contributed by atoms with Gasteiger partial charge in [0, 0.05) is 21.8 Å². The maximum Gasteiger partial charge on any atom is 0.143 e. The largest absolute Gasteiger partial charge is 0.455 e. The molecule has 10 aromatic rings. The van der Waals surface area contributed by atoms with Crippen LogP contribution >= 0.6 is 0 Å². The zero-order chi connectivity index (χ0) is 41.8. The maximum atomic E-state index is 6.52. The average Bonchev–Trinajstić information content (AvgIpc) is 3.82. The number of hydrogen-bond donors (Lipinski definition) is 0. The zero-order valence-corrected chi connectivity index (χ0v) is 35.5. The van der Waals surface area contributed by atoms with E-state index in [1.807, 2.05) is 6.07 Å². The highest BCUT2D eigenvalue weighted by Crippen LogP contribution is 2.50. The van der Waals surface area contributed by atoms with Crippen LogP contribution < -0.4 is 0 Å². The molecule has 2 unspecified atom stereocenters. The van der Waals surface area contributed by atoms with E-state index in [2.05, 4.69) is 227 Å². The molecule has 1 aliphatic carbocycles. The minimum absolute atomic E-state index is 0.0272. The van der Waals surface area contributed by atoms with E-state index in [-0.39, 0.29) is 17.3 Å². The standard InChI is InChI=1S/C61H48O/c1-40(47-21-7-9-23-50(47)51-24-10-8-22-48(51)46-35-36-58-56(39-46)52-25-11-13-29-57(52)61(58,2)3)55(44-33-31-43(32-34-44)42-18-5-4-6-19-42)38-41-17-15-20-45(37-41)49-27-16-28-54-53-26-12-14-30-59(53)62-60(49)54/h4-37,39-40,55H,38H2,1-3H3. The Kier molecular flexibility index (Phi) is 9.35. The minimum atomic E-state index is -0.0272. The summed E-state index contributed by atoms with van der Waals surface area (Å²) in [6.07, 6.45) is 0.881. The van der Waals surface area contributed by atoms with E-state index in [0.29, 0.717) is 0 Å². The summed E-state index contributed by atoms with van der Waals surface area (Å²) in [6.45, 7) is 7.14. The van der Waals surface area contributed by atoms with Gasteiger partial charge in [-0.25, -0.2) is 0 Å². The van der Waals surface area contributed by atoms with E-state index in [9.17, 15) is 0 Å². The van der Waals surface area contributed by atoms with Crippen molar-refractivity contribution in [2.75, 3.05) is 0 Å². The quantitative estimate of drug-likeness (QED) is 0.142. The minimum Gasteiger partial charge on any atom is -0.455 e. The molecule has 0 bridgehead atoms. The van der Waals surface area contributed by atoms with Crippen molar-refractivity contribution >= 4 is 21.9 Å². The van der Waals surface area contributed by atoms with Crippen LogP contribution in [0.2, 0.25) is 0 Å². The van der Waals surface area contributed by atoms with Gasteiger partial charge in [0.15, 0.2) is 0 Å². The Morgan fingerprint density at radius 1 is 0.419 bits per heavy atom. The Morgan fingerprint density at radius 2 is 1.00 bits per heavy atom. The van der Waals surface area contributed by atoms with Gasteiger partial charge in [-0.1, -0.05) is 221 Å². The van der Waals surface area contributed by atoms with Gasteiger partial charge in [0.25, 0.3) is 0 Å². The molecule has 0 spiro atoms. The molecule has 1 aromatic heterocycles. The van der Waals surface area contributed by atoms with E-state index in [4.69, 9.17) is 4.42 Å². The summed E-state index contributed by atoms with van der Waals surface area (Å²) in [5.41, 5.74) is 21.1. The molecule has 0 fully saturated rings. The van der Waals surface area contributed by atoms with Crippen LogP contribution in [0, 0.1) is 0 Å². The summed E-state index contributed by atoms with van der Waals surface area (Å²) in [4.78, 5) is 0. The van der Waals surface area contributed by atoms with Crippen LogP contribution in [0.25, 0.3) is 77.6 Å². The molecule has 0 amide bonds. The van der Waals surface area contributed by atoms with Gasteiger partial charge >= 0.3 is 0 Å². The molecule has 0 radical (unpaired) electrons. The van der Waals surface area contributed by atoms with Crippen molar-refractivity contribution in [1.82, 2.24) is 0 Å². The molecule has 1 nitrogen and oxygen atoms in total. The molecule has 2 atom stereocenters. The molecule has 0 aliphatic heterocycles. The first-order valence-electron chi connectivity index (χ1n) is 22.0. The molecule has 1 heteroatoms. The number of furan rings is 1. The summed E-state index contributed by atoms with van der Waals surface area (Å²) < 4.78 is 6.52. The first-order valence-corrected chi connectivity index (χ1v) is 22.0. The summed E-state index contributed by atoms with van der Waals surface area (Å²) in [5.74, 6) is 0.390. The summed E-state index contributed by atoms with van der Waals surface area (Å²) >= 11 is 0. The fraction of sp³-hybridized carbons (Fsp3) is 0.115. The highest BCUT2D eigenvalue weighted by molar-refractivity contribution is 6.09. The van der Waals surface area contributed by atoms with E-state index in [1.54, 1.807) is 0 Å². The molecule has 0 saturated carbocycles. The van der Waals surface area contributed by atoms with E-state index in [0.717, 1.165) is 33.9 Å². The Hall–Kier alpha value is -7.22. The first kappa shape index (κ1) is 37.8. The van der Waals surface area contributed by atoms with Crippen molar-refractivity contribution in [2.45, 2.75) is 44.4 Å². The van der Waals surface area contributed by atoms with E-state index < -0.39 is 0 Å². The SMILES string of the molecule is CC(c1ccccc1-c1ccccc1-c1ccc2c(c1)-c1ccccc1C2(C)C)C(Cc1cccc(-c2cccc3c2oc2ccccc23)c1)c1ccc(-c2ccccc2)cc1. The summed E-state index contributed by atoms with van der Waals surface area (Å²) in [5, 5.41) is 2.30. The van der Waals surface area contributed by atoms with Gasteiger partial charge in [0.05, 0.1) is 0 Å². The van der Waals surface area contributed by atoms with Crippen LogP contribution in [0.1, 0.15) is 60.4 Å². The number of para-hydroxylation sites is 2. The number of rotatable bonds is 9. The van der Waals surface area contributed by atoms with Gasteiger partial charge in [-0.3, -0.25) is 0 Å². The monoisotopic (exact) mass is 796 g/mol. The lowest BCUT2D eigenvalue weighted by Crippen LogP contribution is -2.14. The van der Waals surface area contributed by atoms with Gasteiger partial charge in [-0.2, -0.15) is 0 Å². The normalized spacial score (nSPS) is 13.8. The Morgan fingerprint density at radius 3 is 1.84 bits per heavy atom.